The summed E-state index contributed by atoms with van der Waals surface area (Å²) in [6.07, 6.45) is 0. The molecule has 0 amide bonds. The Balaban J connectivity index is 2.34. The highest BCUT2D eigenvalue weighted by Gasteiger charge is 2.34. The highest BCUT2D eigenvalue weighted by molar-refractivity contribution is 5.26. The van der Waals surface area contributed by atoms with Crippen molar-refractivity contribution in [1.82, 2.24) is 0 Å². The van der Waals surface area contributed by atoms with E-state index in [9.17, 15) is 0 Å². The molecule has 0 spiro atoms. The van der Waals surface area contributed by atoms with Crippen molar-refractivity contribution in [2.75, 3.05) is 20.8 Å². The molecule has 100 valence electrons. The molecule has 3 nitrogen and oxygen atoms in total. The summed E-state index contributed by atoms with van der Waals surface area (Å²) in [5.41, 5.74) is 0.920. The highest BCUT2D eigenvalue weighted by atomic mass is 16.7. The zero-order valence-corrected chi connectivity index (χ0v) is 11.2. The van der Waals surface area contributed by atoms with Crippen LogP contribution in [0.5, 0.6) is 5.75 Å². The fraction of sp³-hybridized carbons (Fsp3) is 0.250. The summed E-state index contributed by atoms with van der Waals surface area (Å²) in [7, 11) is 3.25. The summed E-state index contributed by atoms with van der Waals surface area (Å²) in [5, 5.41) is 0. The first-order chi connectivity index (χ1) is 9.30. The van der Waals surface area contributed by atoms with Crippen molar-refractivity contribution in [2.24, 2.45) is 0 Å². The smallest absolute Gasteiger partial charge is 0.260 e. The quantitative estimate of drug-likeness (QED) is 0.745. The summed E-state index contributed by atoms with van der Waals surface area (Å²) >= 11 is 0. The number of hydrogen-bond acceptors (Lipinski definition) is 3. The molecule has 2 rings (SSSR count). The summed E-state index contributed by atoms with van der Waals surface area (Å²) in [5.74, 6) is -0.192. The maximum Gasteiger partial charge on any atom is 0.260 e. The third-order valence-corrected chi connectivity index (χ3v) is 2.90. The van der Waals surface area contributed by atoms with Crippen molar-refractivity contribution >= 4 is 0 Å². The van der Waals surface area contributed by atoms with Crippen molar-refractivity contribution in [3.63, 3.8) is 0 Å². The summed E-state index contributed by atoms with van der Waals surface area (Å²) in [6, 6.07) is 19.4. The van der Waals surface area contributed by atoms with Crippen LogP contribution in [0.4, 0.5) is 0 Å². The predicted molar refractivity (Wildman–Crippen MR) is 74.1 cm³/mol. The summed E-state index contributed by atoms with van der Waals surface area (Å²) in [4.78, 5) is 0. The fourth-order valence-electron chi connectivity index (χ4n) is 1.95. The minimum Gasteiger partial charge on any atom is -0.455 e. The third kappa shape index (κ3) is 3.13. The minimum atomic E-state index is -0.933. The summed E-state index contributed by atoms with van der Waals surface area (Å²) < 4.78 is 16.9. The normalized spacial score (nSPS) is 13.8. The van der Waals surface area contributed by atoms with E-state index in [-0.39, 0.29) is 0 Å². The second-order valence-corrected chi connectivity index (χ2v) is 4.17. The molecule has 0 aliphatic rings. The molecule has 2 aromatic carbocycles. The standard InChI is InChI=1S/C16H18O3/c1-17-13-16(18-2,14-9-5-3-6-10-14)19-15-11-7-4-8-12-15/h3-12H,13H2,1-2H3. The van der Waals surface area contributed by atoms with E-state index in [0.29, 0.717) is 6.61 Å². The van der Waals surface area contributed by atoms with E-state index < -0.39 is 5.79 Å². The SMILES string of the molecule is COCC(OC)(Oc1ccccc1)c1ccccc1. The lowest BCUT2D eigenvalue weighted by Gasteiger charge is -2.32. The minimum absolute atomic E-state index is 0.308. The molecular formula is C16H18O3. The second kappa shape index (κ2) is 6.36. The average molecular weight is 258 g/mol. The molecular weight excluding hydrogens is 240 g/mol. The predicted octanol–water partition coefficient (Wildman–Crippen LogP) is 3.21. The Hall–Kier alpha value is -1.84. The Bertz CT molecular complexity index is 484. The molecule has 19 heavy (non-hydrogen) atoms. The molecule has 3 heteroatoms. The van der Waals surface area contributed by atoms with Crippen molar-refractivity contribution in [2.45, 2.75) is 5.79 Å². The Morgan fingerprint density at radius 3 is 1.95 bits per heavy atom. The van der Waals surface area contributed by atoms with Gasteiger partial charge in [-0.25, -0.2) is 0 Å². The van der Waals surface area contributed by atoms with E-state index in [1.165, 1.54) is 0 Å². The molecule has 1 unspecified atom stereocenters. The van der Waals surface area contributed by atoms with Crippen LogP contribution in [0, 0.1) is 0 Å². The molecule has 0 aliphatic carbocycles. The van der Waals surface area contributed by atoms with E-state index in [2.05, 4.69) is 0 Å². The van der Waals surface area contributed by atoms with Crippen molar-refractivity contribution in [1.29, 1.82) is 0 Å². The van der Waals surface area contributed by atoms with Gasteiger partial charge >= 0.3 is 0 Å². The maximum absolute atomic E-state index is 6.03. The number of rotatable bonds is 6. The number of methoxy groups -OCH3 is 2. The van der Waals surface area contributed by atoms with Gasteiger partial charge in [0, 0.05) is 19.8 Å². The van der Waals surface area contributed by atoms with Gasteiger partial charge in [0.1, 0.15) is 12.4 Å². The first-order valence-electron chi connectivity index (χ1n) is 6.14. The van der Waals surface area contributed by atoms with Crippen molar-refractivity contribution in [3.05, 3.63) is 66.2 Å². The van der Waals surface area contributed by atoms with Crippen LogP contribution in [0.2, 0.25) is 0 Å². The second-order valence-electron chi connectivity index (χ2n) is 4.17. The van der Waals surface area contributed by atoms with E-state index in [4.69, 9.17) is 14.2 Å². The van der Waals surface area contributed by atoms with Gasteiger partial charge in [0.15, 0.2) is 0 Å². The Kier molecular flexibility index (Phi) is 4.55. The Labute approximate surface area is 113 Å². The van der Waals surface area contributed by atoms with Crippen LogP contribution in [-0.4, -0.2) is 20.8 Å². The number of ether oxygens (including phenoxy) is 3. The van der Waals surface area contributed by atoms with Gasteiger partial charge < -0.3 is 14.2 Å². The molecule has 0 aliphatic heterocycles. The third-order valence-electron chi connectivity index (χ3n) is 2.90. The molecule has 0 fully saturated rings. The molecule has 0 heterocycles. The molecule has 0 N–H and O–H groups in total. The monoisotopic (exact) mass is 258 g/mol. The Morgan fingerprint density at radius 1 is 0.842 bits per heavy atom. The lowest BCUT2D eigenvalue weighted by molar-refractivity contribution is -0.202. The van der Waals surface area contributed by atoms with Gasteiger partial charge in [0.25, 0.3) is 5.79 Å². The van der Waals surface area contributed by atoms with Gasteiger partial charge in [-0.2, -0.15) is 0 Å². The number of hydrogen-bond donors (Lipinski definition) is 0. The van der Waals surface area contributed by atoms with Crippen LogP contribution in [0.3, 0.4) is 0 Å². The maximum atomic E-state index is 6.03. The largest absolute Gasteiger partial charge is 0.455 e. The van der Waals surface area contributed by atoms with Crippen LogP contribution in [0.25, 0.3) is 0 Å². The zero-order valence-electron chi connectivity index (χ0n) is 11.2. The van der Waals surface area contributed by atoms with E-state index >= 15 is 0 Å². The van der Waals surface area contributed by atoms with E-state index in [1.54, 1.807) is 14.2 Å². The fourth-order valence-corrected chi connectivity index (χ4v) is 1.95. The molecule has 0 saturated carbocycles. The van der Waals surface area contributed by atoms with E-state index in [0.717, 1.165) is 11.3 Å². The van der Waals surface area contributed by atoms with Gasteiger partial charge in [0.05, 0.1) is 0 Å². The molecule has 0 radical (unpaired) electrons. The van der Waals surface area contributed by atoms with Gasteiger partial charge in [-0.05, 0) is 12.1 Å². The van der Waals surface area contributed by atoms with Crippen LogP contribution >= 0.6 is 0 Å². The van der Waals surface area contributed by atoms with E-state index in [1.807, 2.05) is 60.7 Å². The first-order valence-corrected chi connectivity index (χ1v) is 6.14. The number of para-hydroxylation sites is 1. The van der Waals surface area contributed by atoms with Gasteiger partial charge in [-0.1, -0.05) is 48.5 Å². The van der Waals surface area contributed by atoms with Gasteiger partial charge in [0.2, 0.25) is 0 Å². The van der Waals surface area contributed by atoms with Crippen molar-refractivity contribution in [3.8, 4) is 5.75 Å². The highest BCUT2D eigenvalue weighted by Crippen LogP contribution is 2.29. The molecule has 1 atom stereocenters. The topological polar surface area (TPSA) is 27.7 Å². The van der Waals surface area contributed by atoms with Crippen LogP contribution in [-0.2, 0) is 15.3 Å². The number of benzene rings is 2. The average Bonchev–Trinajstić information content (AvgIpc) is 2.49. The molecule has 0 saturated heterocycles. The van der Waals surface area contributed by atoms with Crippen LogP contribution in [0.15, 0.2) is 60.7 Å². The van der Waals surface area contributed by atoms with Gasteiger partial charge in [-0.3, -0.25) is 0 Å². The lowest BCUT2D eigenvalue weighted by Crippen LogP contribution is -2.39. The van der Waals surface area contributed by atoms with Crippen LogP contribution < -0.4 is 4.74 Å². The van der Waals surface area contributed by atoms with Crippen LogP contribution in [0.1, 0.15) is 5.56 Å². The molecule has 2 aromatic rings. The van der Waals surface area contributed by atoms with Gasteiger partial charge in [-0.15, -0.1) is 0 Å². The summed E-state index contributed by atoms with van der Waals surface area (Å²) in [6.45, 7) is 0.308. The molecule has 0 bridgehead atoms. The lowest BCUT2D eigenvalue weighted by atomic mass is 10.1. The molecule has 0 aromatic heterocycles. The Morgan fingerprint density at radius 2 is 1.42 bits per heavy atom. The zero-order chi connectivity index (χ0) is 13.6. The first kappa shape index (κ1) is 13.6. The van der Waals surface area contributed by atoms with Crippen molar-refractivity contribution < 1.29 is 14.2 Å².